The number of fused-ring (bicyclic) bond motifs is 6. The Morgan fingerprint density at radius 1 is 0.549 bits per heavy atom. The minimum Gasteiger partial charge on any atom is -1.00 e. The van der Waals surface area contributed by atoms with Crippen LogP contribution in [0.5, 0.6) is 11.5 Å². The molecule has 0 spiro atoms. The van der Waals surface area contributed by atoms with Crippen LogP contribution in [0.2, 0.25) is 6.32 Å². The molecule has 14 rings (SSSR count). The van der Waals surface area contributed by atoms with Gasteiger partial charge in [-0.3, -0.25) is 16.6 Å². The topological polar surface area (TPSA) is 142 Å². The molecule has 24 heteroatoms. The Hall–Kier alpha value is -9.22. The summed E-state index contributed by atoms with van der Waals surface area (Å²) in [6, 6.07) is 74.3. The second-order valence-corrected chi connectivity index (χ2v) is 23.4. The maximum Gasteiger partial charge on any atom is 0.658 e. The van der Waals surface area contributed by atoms with Gasteiger partial charge in [0.25, 0.3) is 0 Å². The molecule has 2 saturated heterocycles. The van der Waals surface area contributed by atoms with Crippen molar-refractivity contribution in [2.24, 2.45) is 5.73 Å². The predicted octanol–water partition coefficient (Wildman–Crippen LogP) is 17.4. The van der Waals surface area contributed by atoms with Crippen LogP contribution in [0.1, 0.15) is 86.9 Å². The molecule has 3 atom stereocenters. The van der Waals surface area contributed by atoms with Gasteiger partial charge in [-0.2, -0.15) is 52.7 Å². The fourth-order valence-electron chi connectivity index (χ4n) is 11.8. The number of nitrogens with zero attached hydrogens (tertiary/aromatic N) is 1. The van der Waals surface area contributed by atoms with E-state index in [0.717, 1.165) is 51.9 Å². The molecule has 0 amide bonds. The van der Waals surface area contributed by atoms with Crippen LogP contribution < -0.4 is 33.2 Å². The summed E-state index contributed by atoms with van der Waals surface area (Å²) in [6.45, 7) is 3.43. The van der Waals surface area contributed by atoms with Crippen molar-refractivity contribution in [3.05, 3.63) is 288 Å². The highest BCUT2D eigenvalue weighted by atomic mass is 35.5. The average molecular weight is 1430 g/mol. The minimum absolute atomic E-state index is 0. The normalized spacial score (nSPS) is 15.1. The Bertz CT molecular complexity index is 4350. The van der Waals surface area contributed by atoms with Gasteiger partial charge in [0.05, 0.1) is 0 Å². The number of hydrogen-bond acceptors (Lipinski definition) is 8. The van der Waals surface area contributed by atoms with Crippen LogP contribution in [-0.4, -0.2) is 75.4 Å². The van der Waals surface area contributed by atoms with E-state index in [9.17, 15) is 52.7 Å². The molecule has 1 unspecified atom stereocenters. The van der Waals surface area contributed by atoms with Gasteiger partial charge in [-0.15, -0.1) is 0 Å². The van der Waals surface area contributed by atoms with Crippen molar-refractivity contribution in [3.63, 3.8) is 0 Å². The number of nitrogens with two attached hydrogens (primary N) is 1. The molecule has 0 aromatic heterocycles. The summed E-state index contributed by atoms with van der Waals surface area (Å²) in [5, 5.41) is 20.5. The fourth-order valence-corrected chi connectivity index (χ4v) is 11.8. The Labute approximate surface area is 592 Å². The third kappa shape index (κ3) is 19.7. The zero-order chi connectivity index (χ0) is 71.2. The summed E-state index contributed by atoms with van der Waals surface area (Å²) < 4.78 is 171. The van der Waals surface area contributed by atoms with Gasteiger partial charge >= 0.3 is 39.4 Å². The summed E-state index contributed by atoms with van der Waals surface area (Å²) in [7, 11) is 2.52. The molecule has 3 aliphatic heterocycles. The van der Waals surface area contributed by atoms with Gasteiger partial charge in [-0.25, -0.2) is 0 Å². The third-order valence-corrected chi connectivity index (χ3v) is 17.0. The molecular weight excluding hydrogens is 1360 g/mol. The monoisotopic (exact) mass is 1430 g/mol. The van der Waals surface area contributed by atoms with E-state index in [1.807, 2.05) is 72.8 Å². The molecule has 0 aliphatic carbocycles. The lowest BCUT2D eigenvalue weighted by molar-refractivity contribution is -0.488. The van der Waals surface area contributed by atoms with Crippen LogP contribution in [0.3, 0.4) is 0 Å². The van der Waals surface area contributed by atoms with Crippen LogP contribution in [0, 0.1) is 10.8 Å². The maximum atomic E-state index is 12.9. The molecule has 535 valence electrons. The summed E-state index contributed by atoms with van der Waals surface area (Å²) in [6.07, 6.45) is -12.1. The molecule has 0 saturated carbocycles. The van der Waals surface area contributed by atoms with Crippen molar-refractivity contribution in [2.75, 3.05) is 13.7 Å². The number of unbranched alkanes of at least 4 members (excludes halogenated alkanes) is 1. The summed E-state index contributed by atoms with van der Waals surface area (Å²) >= 11 is 0. The van der Waals surface area contributed by atoms with Gasteiger partial charge < -0.3 is 41.7 Å². The van der Waals surface area contributed by atoms with E-state index in [0.29, 0.717) is 22.2 Å². The first kappa shape index (κ1) is 81.7. The molecule has 3 heterocycles. The zero-order valence-electron chi connectivity index (χ0n) is 54.1. The van der Waals surface area contributed by atoms with E-state index in [4.69, 9.17) is 30.5 Å². The number of ether oxygens (including phenoxy) is 1. The number of para-hydroxylation sites is 2. The number of alkyl halides is 12. The van der Waals surface area contributed by atoms with Gasteiger partial charge in [0.1, 0.15) is 28.5 Å². The van der Waals surface area contributed by atoms with E-state index in [1.54, 1.807) is 78.9 Å². The zero-order valence-corrected chi connectivity index (χ0v) is 54.8. The number of nitrogens with one attached hydrogen (secondary N) is 2. The molecule has 2 fully saturated rings. The number of benzene rings is 11. The average Bonchev–Trinajstić information content (AvgIpc) is 1.56. The van der Waals surface area contributed by atoms with Crippen LogP contribution >= 0.6 is 0 Å². The summed E-state index contributed by atoms with van der Waals surface area (Å²) in [5.74, 6) is 1.58. The van der Waals surface area contributed by atoms with E-state index in [-0.39, 0.29) is 62.2 Å². The van der Waals surface area contributed by atoms with Crippen LogP contribution in [0.4, 0.5) is 52.7 Å². The minimum atomic E-state index is -4.68. The Morgan fingerprint density at radius 2 is 0.931 bits per heavy atom. The molecule has 7 N–H and O–H groups in total. The number of quaternary nitrogens is 1. The number of methoxy groups -OCH3 is 1. The predicted molar refractivity (Wildman–Crippen MR) is 379 cm³/mol. The highest BCUT2D eigenvalue weighted by Gasteiger charge is 2.58. The lowest BCUT2D eigenvalue weighted by Crippen LogP contribution is -3.00. The van der Waals surface area contributed by atoms with Crippen molar-refractivity contribution < 1.29 is 89.5 Å². The SMILES string of the molecule is C.C.CCCCB1OC(c2ccccc2)(c2ccccc2)[C@H]2CCCN12.COC(N)(c1ccc2ccccc2c1)C(F)(F)F.N=C(c1ccc2ccccc2c1)C(F)(F)F.N=C(c1ccc2ccccc2c1)C(F)(F)F.[B]1Oc2ccccc2O1.[Cl-].[NH3+][C@H](c1ccc2ccccc2c1)C(F)(F)F. The summed E-state index contributed by atoms with van der Waals surface area (Å²) in [5.41, 5.74) is 5.26. The molecule has 1 radical (unpaired) electrons. The van der Waals surface area contributed by atoms with Crippen molar-refractivity contribution >= 4 is 69.2 Å². The molecule has 11 aromatic carbocycles. The lowest BCUT2D eigenvalue weighted by Gasteiger charge is -2.36. The van der Waals surface area contributed by atoms with Crippen LogP contribution in [0.25, 0.3) is 43.1 Å². The molecule has 102 heavy (non-hydrogen) atoms. The first-order valence-electron chi connectivity index (χ1n) is 31.5. The molecule has 11 aromatic rings. The van der Waals surface area contributed by atoms with E-state index in [1.165, 1.54) is 93.5 Å². The van der Waals surface area contributed by atoms with E-state index >= 15 is 0 Å². The second kappa shape index (κ2) is 35.6. The van der Waals surface area contributed by atoms with E-state index < -0.39 is 47.9 Å². The smallest absolute Gasteiger partial charge is 0.658 e. The Morgan fingerprint density at radius 3 is 1.33 bits per heavy atom. The van der Waals surface area contributed by atoms with Gasteiger partial charge in [0, 0.05) is 35.4 Å². The highest BCUT2D eigenvalue weighted by molar-refractivity contribution is 6.50. The van der Waals surface area contributed by atoms with Gasteiger partial charge in [-0.05, 0) is 116 Å². The van der Waals surface area contributed by atoms with Gasteiger partial charge in [-0.1, -0.05) is 253 Å². The first-order valence-corrected chi connectivity index (χ1v) is 31.5. The standard InChI is InChI=1S/C21H26BNO.C13H12F3NO.C12H10F3N.2C12H8F3N.C6H4BO2.2CH4.ClH/c1-2-3-16-22-23-17-10-15-20(23)21(24-22,18-11-6-4-7-12-18)19-13-8-5-9-14-19;1-18-12(17,13(14,15)16)11-7-6-9-4-2-3-5-10(9)8-11;3*13-12(14,15)11(16)10-6-5-8-3-1-2-4-9(8)7-10;1-2-4-6-5(3-1)8-7-9-6;;;/h4-9,11-14,20H,2-3,10,15-17H2,1H3;2-8H,17H2,1H3;1-7,11H,16H2;2*1-7,16H;1-4H;2*1H4;1H/t20-;;11-;;;;;;/m1.1....../s1. The Balaban J connectivity index is 0.000000195. The van der Waals surface area contributed by atoms with Crippen molar-refractivity contribution in [3.8, 4) is 11.5 Å². The quantitative estimate of drug-likeness (QED) is 0.0465. The van der Waals surface area contributed by atoms with Crippen molar-refractivity contribution in [1.82, 2.24) is 4.81 Å². The first-order chi connectivity index (χ1) is 47.2. The summed E-state index contributed by atoms with van der Waals surface area (Å²) in [4.78, 5) is 2.63. The van der Waals surface area contributed by atoms with Crippen molar-refractivity contribution in [2.45, 2.75) is 102 Å². The van der Waals surface area contributed by atoms with Crippen LogP contribution in [-0.2, 0) is 20.7 Å². The van der Waals surface area contributed by atoms with Crippen molar-refractivity contribution in [1.29, 1.82) is 10.8 Å². The van der Waals surface area contributed by atoms with Gasteiger partial charge in [0.2, 0.25) is 11.8 Å². The van der Waals surface area contributed by atoms with Gasteiger partial charge in [0.15, 0.2) is 0 Å². The van der Waals surface area contributed by atoms with Crippen LogP contribution in [0.15, 0.2) is 255 Å². The largest absolute Gasteiger partial charge is 1.00 e. The number of halogens is 13. The third-order valence-electron chi connectivity index (χ3n) is 17.0. The van der Waals surface area contributed by atoms with E-state index in [2.05, 4.69) is 82.9 Å². The fraction of sp³-hybridized carbons (Fsp3) is 0.231. The molecule has 3 aliphatic rings. The number of hydrogen-bond donors (Lipinski definition) is 4. The molecule has 0 bridgehead atoms. The molecular formula is C78H77B2ClF12N5O4. The second-order valence-electron chi connectivity index (χ2n) is 23.4. The maximum absolute atomic E-state index is 12.9. The highest BCUT2D eigenvalue weighted by Crippen LogP contribution is 2.50. The lowest BCUT2D eigenvalue weighted by atomic mass is 9.75. The number of rotatable bonds is 10. The molecule has 9 nitrogen and oxygen atoms in total. The Kier molecular flexibility index (Phi) is 28.5.